The summed E-state index contributed by atoms with van der Waals surface area (Å²) in [7, 11) is 0. The van der Waals surface area contributed by atoms with Crippen LogP contribution in [0.5, 0.6) is 5.75 Å². The molecule has 1 nitrogen and oxygen atoms in total. The highest BCUT2D eigenvalue weighted by Gasteiger charge is 2.20. The van der Waals surface area contributed by atoms with Crippen molar-refractivity contribution < 1.29 is 9.13 Å². The number of benzene rings is 3. The van der Waals surface area contributed by atoms with Crippen LogP contribution < -0.4 is 4.74 Å². The van der Waals surface area contributed by atoms with Crippen LogP contribution in [0.15, 0.2) is 77.7 Å². The van der Waals surface area contributed by atoms with Crippen LogP contribution in [0.1, 0.15) is 22.3 Å². The van der Waals surface area contributed by atoms with Crippen molar-refractivity contribution in [2.75, 3.05) is 6.26 Å². The van der Waals surface area contributed by atoms with Crippen molar-refractivity contribution in [3.05, 3.63) is 106 Å². The van der Waals surface area contributed by atoms with Gasteiger partial charge >= 0.3 is 0 Å². The first-order chi connectivity index (χ1) is 14.0. The smallest absolute Gasteiger partial charge is 0.141 e. The van der Waals surface area contributed by atoms with E-state index >= 15 is 0 Å². The Bertz CT molecular complexity index is 1100. The number of hydrogen-bond acceptors (Lipinski definition) is 2. The maximum absolute atomic E-state index is 13.4. The summed E-state index contributed by atoms with van der Waals surface area (Å²) in [6, 6.07) is 19.3. The summed E-state index contributed by atoms with van der Waals surface area (Å²) < 4.78 is 19.4. The second-order valence-corrected chi connectivity index (χ2v) is 8.24. The van der Waals surface area contributed by atoms with E-state index in [2.05, 4.69) is 49.2 Å². The Morgan fingerprint density at radius 3 is 2.62 bits per heavy atom. The van der Waals surface area contributed by atoms with Crippen molar-refractivity contribution >= 4 is 35.0 Å². The van der Waals surface area contributed by atoms with Gasteiger partial charge in [0, 0.05) is 4.90 Å². The van der Waals surface area contributed by atoms with Crippen molar-refractivity contribution in [2.45, 2.75) is 17.9 Å². The van der Waals surface area contributed by atoms with Crippen molar-refractivity contribution in [1.82, 2.24) is 0 Å². The van der Waals surface area contributed by atoms with Gasteiger partial charge in [0.1, 0.15) is 18.2 Å². The Morgan fingerprint density at radius 1 is 1.10 bits per heavy atom. The molecule has 0 aromatic heterocycles. The van der Waals surface area contributed by atoms with E-state index in [0.29, 0.717) is 6.61 Å². The number of ether oxygens (including phenoxy) is 1. The fourth-order valence-corrected chi connectivity index (χ4v) is 4.01. The van der Waals surface area contributed by atoms with Gasteiger partial charge in [0.25, 0.3) is 0 Å². The van der Waals surface area contributed by atoms with E-state index in [1.807, 2.05) is 12.1 Å². The molecule has 0 fully saturated rings. The molecule has 0 heterocycles. The lowest BCUT2D eigenvalue weighted by molar-refractivity contribution is 0.306. The maximum Gasteiger partial charge on any atom is 0.141 e. The summed E-state index contributed by atoms with van der Waals surface area (Å²) >= 11 is 7.63. The lowest BCUT2D eigenvalue weighted by atomic mass is 10.0. The summed E-state index contributed by atoms with van der Waals surface area (Å²) in [6.07, 6.45) is 4.85. The van der Waals surface area contributed by atoms with Gasteiger partial charge in [-0.15, -0.1) is 11.8 Å². The van der Waals surface area contributed by atoms with Gasteiger partial charge in [-0.25, -0.2) is 4.39 Å². The molecule has 1 aliphatic carbocycles. The number of thioether (sulfide) groups is 1. The summed E-state index contributed by atoms with van der Waals surface area (Å²) in [6.45, 7) is 4.77. The number of rotatable bonds is 5. The molecule has 0 unspecified atom stereocenters. The number of halogens is 2. The molecule has 1 aliphatic rings. The first-order valence-electron chi connectivity index (χ1n) is 9.27. The molecule has 0 saturated carbocycles. The van der Waals surface area contributed by atoms with Crippen molar-refractivity contribution in [3.63, 3.8) is 0 Å². The molecule has 0 saturated heterocycles. The Labute approximate surface area is 179 Å². The third-order valence-electron chi connectivity index (χ3n) is 5.02. The molecule has 0 amide bonds. The third kappa shape index (κ3) is 4.42. The molecule has 0 N–H and O–H groups in total. The number of fused-ring (bicyclic) bond motifs is 1. The fraction of sp³-hybridized carbons (Fsp3) is 0.120. The minimum Gasteiger partial charge on any atom is -0.489 e. The largest absolute Gasteiger partial charge is 0.489 e. The van der Waals surface area contributed by atoms with E-state index in [9.17, 15) is 4.39 Å². The van der Waals surface area contributed by atoms with E-state index in [4.69, 9.17) is 16.3 Å². The fourth-order valence-electron chi connectivity index (χ4n) is 3.42. The van der Waals surface area contributed by atoms with Gasteiger partial charge in [-0.2, -0.15) is 0 Å². The molecule has 4 rings (SSSR count). The summed E-state index contributed by atoms with van der Waals surface area (Å²) in [5.41, 5.74) is 6.41. The van der Waals surface area contributed by atoms with E-state index in [1.54, 1.807) is 23.9 Å². The van der Waals surface area contributed by atoms with Crippen LogP contribution in [0.3, 0.4) is 0 Å². The molecular formula is C25H20ClFOS. The monoisotopic (exact) mass is 422 g/mol. The minimum atomic E-state index is -0.410. The first kappa shape index (κ1) is 19.8. The van der Waals surface area contributed by atoms with Crippen LogP contribution >= 0.6 is 23.4 Å². The van der Waals surface area contributed by atoms with E-state index < -0.39 is 5.82 Å². The minimum absolute atomic E-state index is 0.127. The molecule has 29 heavy (non-hydrogen) atoms. The second kappa shape index (κ2) is 8.48. The standard InChI is InChI=1S/C25H20ClFOS/c1-16-19(11-18-5-10-25(27)24(26)12-18)13-20-14-21(6-9-23(16)20)28-15-17-3-7-22(29-2)8-4-17/h3-12,14H,1,13,15H2,2H3/b19-11+. The van der Waals surface area contributed by atoms with E-state index in [-0.39, 0.29) is 5.02 Å². The average molecular weight is 423 g/mol. The molecule has 3 aromatic carbocycles. The van der Waals surface area contributed by atoms with Crippen molar-refractivity contribution in [1.29, 1.82) is 0 Å². The third-order valence-corrected chi connectivity index (χ3v) is 6.05. The van der Waals surface area contributed by atoms with Crippen LogP contribution in [0, 0.1) is 5.82 Å². The van der Waals surface area contributed by atoms with Gasteiger partial charge in [-0.05, 0) is 82.5 Å². The lowest BCUT2D eigenvalue weighted by Gasteiger charge is -2.08. The average Bonchev–Trinajstić information content (AvgIpc) is 3.04. The van der Waals surface area contributed by atoms with Gasteiger partial charge in [0.05, 0.1) is 5.02 Å². The second-order valence-electron chi connectivity index (χ2n) is 6.95. The Balaban J connectivity index is 1.49. The van der Waals surface area contributed by atoms with Crippen LogP contribution in [0.4, 0.5) is 4.39 Å². The summed E-state index contributed by atoms with van der Waals surface area (Å²) in [5.74, 6) is 0.434. The van der Waals surface area contributed by atoms with E-state index in [1.165, 1.54) is 16.5 Å². The van der Waals surface area contributed by atoms with Crippen LogP contribution in [0.25, 0.3) is 11.6 Å². The molecule has 0 bridgehead atoms. The van der Waals surface area contributed by atoms with Gasteiger partial charge in [-0.1, -0.05) is 48.5 Å². The molecule has 3 aromatic rings. The predicted octanol–water partition coefficient (Wildman–Crippen LogP) is 7.43. The van der Waals surface area contributed by atoms with Crippen LogP contribution in [0.2, 0.25) is 5.02 Å². The number of allylic oxidation sites excluding steroid dienone is 2. The normalized spacial score (nSPS) is 14.3. The zero-order valence-electron chi connectivity index (χ0n) is 16.0. The van der Waals surface area contributed by atoms with Crippen LogP contribution in [-0.2, 0) is 13.0 Å². The van der Waals surface area contributed by atoms with Gasteiger partial charge in [0.15, 0.2) is 0 Å². The van der Waals surface area contributed by atoms with Gasteiger partial charge in [-0.3, -0.25) is 0 Å². The SMILES string of the molecule is C=C1/C(=C/c2ccc(F)c(Cl)c2)Cc2cc(OCc3ccc(SC)cc3)ccc21. The molecule has 0 aliphatic heterocycles. The molecule has 0 radical (unpaired) electrons. The highest BCUT2D eigenvalue weighted by atomic mass is 35.5. The van der Waals surface area contributed by atoms with Crippen molar-refractivity contribution in [2.24, 2.45) is 0 Å². The van der Waals surface area contributed by atoms with Gasteiger partial charge < -0.3 is 4.74 Å². The zero-order chi connectivity index (χ0) is 20.4. The molecule has 146 valence electrons. The Morgan fingerprint density at radius 2 is 1.90 bits per heavy atom. The van der Waals surface area contributed by atoms with Gasteiger partial charge in [0.2, 0.25) is 0 Å². The highest BCUT2D eigenvalue weighted by molar-refractivity contribution is 7.98. The molecule has 4 heteroatoms. The predicted molar refractivity (Wildman–Crippen MR) is 121 cm³/mol. The Kier molecular flexibility index (Phi) is 5.79. The van der Waals surface area contributed by atoms with Crippen molar-refractivity contribution in [3.8, 4) is 5.75 Å². The van der Waals surface area contributed by atoms with Crippen LogP contribution in [-0.4, -0.2) is 6.26 Å². The topological polar surface area (TPSA) is 9.23 Å². The molecular weight excluding hydrogens is 403 g/mol. The summed E-state index contributed by atoms with van der Waals surface area (Å²) in [5, 5.41) is 0.127. The van der Waals surface area contributed by atoms with E-state index in [0.717, 1.165) is 40.0 Å². The highest BCUT2D eigenvalue weighted by Crippen LogP contribution is 2.38. The lowest BCUT2D eigenvalue weighted by Crippen LogP contribution is -1.96. The number of hydrogen-bond donors (Lipinski definition) is 0. The maximum atomic E-state index is 13.4. The Hall–Kier alpha value is -2.49. The first-order valence-corrected chi connectivity index (χ1v) is 10.9. The summed E-state index contributed by atoms with van der Waals surface area (Å²) in [4.78, 5) is 1.24. The molecule has 0 spiro atoms. The quantitative estimate of drug-likeness (QED) is 0.395. The zero-order valence-corrected chi connectivity index (χ0v) is 17.6. The molecule has 0 atom stereocenters.